The van der Waals surface area contributed by atoms with Gasteiger partial charge in [0.1, 0.15) is 5.69 Å². The van der Waals surface area contributed by atoms with Crippen molar-refractivity contribution in [2.45, 2.75) is 45.3 Å². The van der Waals surface area contributed by atoms with Crippen LogP contribution in [-0.2, 0) is 11.3 Å². The molecule has 0 saturated carbocycles. The van der Waals surface area contributed by atoms with Crippen LogP contribution in [0.1, 0.15) is 42.4 Å². The van der Waals surface area contributed by atoms with Gasteiger partial charge in [0.2, 0.25) is 0 Å². The van der Waals surface area contributed by atoms with E-state index in [0.717, 1.165) is 49.8 Å². The van der Waals surface area contributed by atoms with E-state index in [9.17, 15) is 4.79 Å². The third-order valence-electron chi connectivity index (χ3n) is 5.51. The number of nitrogens with zero attached hydrogens (tertiary/aromatic N) is 4. The van der Waals surface area contributed by atoms with Crippen LogP contribution < -0.4 is 5.32 Å². The second-order valence-electron chi connectivity index (χ2n) is 7.60. The summed E-state index contributed by atoms with van der Waals surface area (Å²) in [5.41, 5.74) is 1.37. The number of anilines is 1. The number of likely N-dealkylation sites (tertiary alicyclic amines) is 1. The van der Waals surface area contributed by atoms with Crippen molar-refractivity contribution >= 4 is 22.4 Å². The van der Waals surface area contributed by atoms with Crippen molar-refractivity contribution in [2.24, 2.45) is 5.92 Å². The summed E-state index contributed by atoms with van der Waals surface area (Å²) in [7, 11) is 0. The number of amides is 1. The molecule has 4 heterocycles. The lowest BCUT2D eigenvalue weighted by Gasteiger charge is -2.39. The van der Waals surface area contributed by atoms with Crippen LogP contribution in [-0.4, -0.2) is 57.4 Å². The monoisotopic (exact) mass is 389 g/mol. The molecular formula is C19H27N5O2S. The quantitative estimate of drug-likeness (QED) is 0.851. The molecule has 2 aromatic rings. The van der Waals surface area contributed by atoms with Crippen LogP contribution in [0, 0.1) is 12.8 Å². The molecule has 2 saturated heterocycles. The molecule has 2 aromatic heterocycles. The number of nitrogens with one attached hydrogen (secondary N) is 1. The van der Waals surface area contributed by atoms with Gasteiger partial charge in [-0.25, -0.2) is 4.98 Å². The molecule has 0 radical (unpaired) electrons. The van der Waals surface area contributed by atoms with Crippen LogP contribution in [0.4, 0.5) is 5.13 Å². The van der Waals surface area contributed by atoms with Gasteiger partial charge in [0, 0.05) is 37.1 Å². The van der Waals surface area contributed by atoms with Crippen LogP contribution in [0.15, 0.2) is 17.6 Å². The van der Waals surface area contributed by atoms with Gasteiger partial charge in [0.25, 0.3) is 5.91 Å². The lowest BCUT2D eigenvalue weighted by Crippen LogP contribution is -2.50. The fraction of sp³-hybridized carbons (Fsp3) is 0.632. The van der Waals surface area contributed by atoms with Crippen molar-refractivity contribution in [1.29, 1.82) is 0 Å². The van der Waals surface area contributed by atoms with E-state index in [1.807, 2.05) is 36.4 Å². The summed E-state index contributed by atoms with van der Waals surface area (Å²) in [5, 5.41) is 10.8. The third kappa shape index (κ3) is 3.87. The van der Waals surface area contributed by atoms with Gasteiger partial charge in [-0.3, -0.25) is 9.48 Å². The SMILES string of the molecule is CCn1nc(C)cc1C(=O)N1CCC[C@]2(C[C@H](CNc3nccs3)CO2)C1. The molecule has 8 heteroatoms. The van der Waals surface area contributed by atoms with Crippen LogP contribution >= 0.6 is 11.3 Å². The van der Waals surface area contributed by atoms with Crippen molar-refractivity contribution in [3.63, 3.8) is 0 Å². The summed E-state index contributed by atoms with van der Waals surface area (Å²) in [4.78, 5) is 19.3. The molecular weight excluding hydrogens is 362 g/mol. The number of hydrogen-bond acceptors (Lipinski definition) is 6. The maximum atomic E-state index is 13.1. The maximum Gasteiger partial charge on any atom is 0.272 e. The summed E-state index contributed by atoms with van der Waals surface area (Å²) in [6, 6.07) is 1.89. The molecule has 2 aliphatic rings. The van der Waals surface area contributed by atoms with E-state index in [0.29, 0.717) is 24.7 Å². The van der Waals surface area contributed by atoms with Crippen LogP contribution in [0.25, 0.3) is 0 Å². The Morgan fingerprint density at radius 2 is 2.41 bits per heavy atom. The Morgan fingerprint density at radius 1 is 1.52 bits per heavy atom. The molecule has 146 valence electrons. The summed E-state index contributed by atoms with van der Waals surface area (Å²) in [5.74, 6) is 0.525. The molecule has 27 heavy (non-hydrogen) atoms. The number of thiazole rings is 1. The summed E-state index contributed by atoms with van der Waals surface area (Å²) in [6.45, 7) is 7.72. The first-order valence-corrected chi connectivity index (χ1v) is 10.6. The van der Waals surface area contributed by atoms with Crippen molar-refractivity contribution in [1.82, 2.24) is 19.7 Å². The number of carbonyl (C=O) groups excluding carboxylic acids is 1. The van der Waals surface area contributed by atoms with E-state index in [1.165, 1.54) is 0 Å². The van der Waals surface area contributed by atoms with Crippen molar-refractivity contribution in [2.75, 3.05) is 31.6 Å². The maximum absolute atomic E-state index is 13.1. The van der Waals surface area contributed by atoms with E-state index in [1.54, 1.807) is 16.0 Å². The highest BCUT2D eigenvalue weighted by Gasteiger charge is 2.44. The summed E-state index contributed by atoms with van der Waals surface area (Å²) >= 11 is 1.62. The van der Waals surface area contributed by atoms with Gasteiger partial charge >= 0.3 is 0 Å². The number of piperidine rings is 1. The number of ether oxygens (including phenoxy) is 1. The van der Waals surface area contributed by atoms with E-state index < -0.39 is 0 Å². The van der Waals surface area contributed by atoms with Crippen LogP contribution in [0.2, 0.25) is 0 Å². The average molecular weight is 390 g/mol. The molecule has 1 N–H and O–H groups in total. The summed E-state index contributed by atoms with van der Waals surface area (Å²) in [6.07, 6.45) is 4.81. The van der Waals surface area contributed by atoms with Crippen LogP contribution in [0.3, 0.4) is 0 Å². The molecule has 0 aliphatic carbocycles. The van der Waals surface area contributed by atoms with Gasteiger partial charge in [0.05, 0.1) is 24.4 Å². The minimum atomic E-state index is -0.199. The Hall–Kier alpha value is -1.93. The second-order valence-corrected chi connectivity index (χ2v) is 8.49. The Bertz CT molecular complexity index is 790. The number of carbonyl (C=O) groups is 1. The molecule has 1 amide bonds. The molecule has 0 aromatic carbocycles. The van der Waals surface area contributed by atoms with E-state index in [4.69, 9.17) is 4.74 Å². The predicted molar refractivity (Wildman–Crippen MR) is 105 cm³/mol. The number of hydrogen-bond donors (Lipinski definition) is 1. The second kappa shape index (κ2) is 7.59. The normalized spacial score (nSPS) is 25.3. The molecule has 7 nitrogen and oxygen atoms in total. The first-order chi connectivity index (χ1) is 13.1. The Kier molecular flexibility index (Phi) is 5.19. The number of aryl methyl sites for hydroxylation is 2. The topological polar surface area (TPSA) is 72.3 Å². The smallest absolute Gasteiger partial charge is 0.272 e. The van der Waals surface area contributed by atoms with Gasteiger partial charge < -0.3 is 15.0 Å². The van der Waals surface area contributed by atoms with Crippen LogP contribution in [0.5, 0.6) is 0 Å². The Morgan fingerprint density at radius 3 is 3.19 bits per heavy atom. The first-order valence-electron chi connectivity index (χ1n) is 9.69. The van der Waals surface area contributed by atoms with Crippen molar-refractivity contribution in [3.05, 3.63) is 29.0 Å². The molecule has 2 aliphatic heterocycles. The largest absolute Gasteiger partial charge is 0.373 e. The molecule has 0 unspecified atom stereocenters. The lowest BCUT2D eigenvalue weighted by atomic mass is 9.86. The van der Waals surface area contributed by atoms with E-state index in [2.05, 4.69) is 15.4 Å². The zero-order valence-electron chi connectivity index (χ0n) is 16.0. The minimum absolute atomic E-state index is 0.0736. The first kappa shape index (κ1) is 18.4. The Balaban J connectivity index is 1.39. The van der Waals surface area contributed by atoms with Gasteiger partial charge in [-0.2, -0.15) is 5.10 Å². The van der Waals surface area contributed by atoms with Gasteiger partial charge in [-0.15, -0.1) is 11.3 Å². The molecule has 4 rings (SSSR count). The number of rotatable bonds is 5. The molecule has 0 bridgehead atoms. The highest BCUT2D eigenvalue weighted by atomic mass is 32.1. The average Bonchev–Trinajstić information content (AvgIpc) is 3.40. The predicted octanol–water partition coefficient (Wildman–Crippen LogP) is 2.79. The lowest BCUT2D eigenvalue weighted by molar-refractivity contribution is -0.0451. The fourth-order valence-corrected chi connectivity index (χ4v) is 4.83. The van der Waals surface area contributed by atoms with Gasteiger partial charge in [-0.1, -0.05) is 0 Å². The Labute approximate surface area is 163 Å². The zero-order chi connectivity index (χ0) is 18.9. The molecule has 2 fully saturated rings. The molecule has 1 spiro atoms. The summed E-state index contributed by atoms with van der Waals surface area (Å²) < 4.78 is 8.07. The van der Waals surface area contributed by atoms with E-state index >= 15 is 0 Å². The van der Waals surface area contributed by atoms with Gasteiger partial charge in [0.15, 0.2) is 5.13 Å². The molecule has 2 atom stereocenters. The van der Waals surface area contributed by atoms with Gasteiger partial charge in [-0.05, 0) is 39.2 Å². The van der Waals surface area contributed by atoms with Crippen molar-refractivity contribution < 1.29 is 9.53 Å². The fourth-order valence-electron chi connectivity index (χ4n) is 4.29. The van der Waals surface area contributed by atoms with Crippen molar-refractivity contribution in [3.8, 4) is 0 Å². The highest BCUT2D eigenvalue weighted by molar-refractivity contribution is 7.13. The third-order valence-corrected chi connectivity index (χ3v) is 6.24. The minimum Gasteiger partial charge on any atom is -0.373 e. The van der Waals surface area contributed by atoms with E-state index in [-0.39, 0.29) is 11.5 Å². The highest BCUT2D eigenvalue weighted by Crippen LogP contribution is 2.38. The standard InChI is InChI=1S/C19H27N5O2S/c1-3-24-16(9-14(2)22-24)17(25)23-7-4-5-19(13-23)10-15(12-26-19)11-21-18-20-6-8-27-18/h6,8-9,15H,3-5,7,10-13H2,1-2H3,(H,20,21)/t15-,19+/m1/s1. The zero-order valence-corrected chi connectivity index (χ0v) is 16.8. The number of aromatic nitrogens is 3.